The van der Waals surface area contributed by atoms with Crippen molar-refractivity contribution in [2.75, 3.05) is 0 Å². The molecule has 3 aromatic carbocycles. The Morgan fingerprint density at radius 1 is 0.833 bits per heavy atom. The molecule has 1 nitrogen and oxygen atoms in total. The minimum atomic E-state index is -4.50. The van der Waals surface area contributed by atoms with Crippen LogP contribution in [0.4, 0.5) is 17.6 Å². The van der Waals surface area contributed by atoms with Crippen LogP contribution in [0.25, 0.3) is 11.1 Å². The molecule has 0 saturated heterocycles. The highest BCUT2D eigenvalue weighted by atomic mass is 35.5. The SMILES string of the molecule is O=C(C(=C=C(CC(F)(F)F)c1ccccc1)c1ccccc1)c1ccc(F)c(Cl)c1. The summed E-state index contributed by atoms with van der Waals surface area (Å²) in [6.45, 7) is 0. The number of Topliss-reactive ketones (excluding diaryl/α,β-unsaturated/α-hetero) is 1. The average Bonchev–Trinajstić information content (AvgIpc) is 2.73. The number of ketones is 1. The van der Waals surface area contributed by atoms with Crippen molar-refractivity contribution in [2.45, 2.75) is 12.6 Å². The van der Waals surface area contributed by atoms with Crippen LogP contribution in [0.15, 0.2) is 84.6 Å². The summed E-state index contributed by atoms with van der Waals surface area (Å²) in [5, 5.41) is -0.254. The molecule has 3 rings (SSSR count). The van der Waals surface area contributed by atoms with E-state index >= 15 is 0 Å². The highest BCUT2D eigenvalue weighted by Gasteiger charge is 2.30. The van der Waals surface area contributed by atoms with E-state index < -0.39 is 24.2 Å². The van der Waals surface area contributed by atoms with Gasteiger partial charge in [0.1, 0.15) is 5.82 Å². The molecule has 30 heavy (non-hydrogen) atoms. The number of hydrogen-bond acceptors (Lipinski definition) is 1. The summed E-state index contributed by atoms with van der Waals surface area (Å²) in [4.78, 5) is 13.2. The van der Waals surface area contributed by atoms with Crippen LogP contribution in [0, 0.1) is 5.82 Å². The van der Waals surface area contributed by atoms with E-state index in [1.54, 1.807) is 48.5 Å². The smallest absolute Gasteiger partial charge is 0.288 e. The summed E-state index contributed by atoms with van der Waals surface area (Å²) in [7, 11) is 0. The van der Waals surface area contributed by atoms with Crippen molar-refractivity contribution in [2.24, 2.45) is 0 Å². The fraction of sp³-hybridized carbons (Fsp3) is 0.0833. The Balaban J connectivity index is 2.27. The largest absolute Gasteiger partial charge is 0.393 e. The van der Waals surface area contributed by atoms with Gasteiger partial charge in [-0.2, -0.15) is 13.2 Å². The predicted molar refractivity (Wildman–Crippen MR) is 110 cm³/mol. The predicted octanol–water partition coefficient (Wildman–Crippen LogP) is 7.38. The molecule has 0 bridgehead atoms. The first-order valence-corrected chi connectivity index (χ1v) is 9.29. The van der Waals surface area contributed by atoms with Gasteiger partial charge in [-0.05, 0) is 29.3 Å². The van der Waals surface area contributed by atoms with Gasteiger partial charge in [-0.1, -0.05) is 72.3 Å². The van der Waals surface area contributed by atoms with Gasteiger partial charge in [-0.3, -0.25) is 4.79 Å². The van der Waals surface area contributed by atoms with E-state index in [1.165, 1.54) is 18.2 Å². The standard InChI is InChI=1S/C24H15ClF4O/c25-21-14-18(11-12-22(21)26)23(30)20(17-9-5-2-6-10-17)13-19(15-24(27,28)29)16-7-3-1-4-8-16/h1-12,14H,15H2. The normalized spacial score (nSPS) is 11.0. The second-order valence-electron chi connectivity index (χ2n) is 6.46. The molecule has 0 spiro atoms. The number of hydrogen-bond donors (Lipinski definition) is 0. The monoisotopic (exact) mass is 430 g/mol. The zero-order chi connectivity index (χ0) is 21.7. The van der Waals surface area contributed by atoms with Crippen molar-refractivity contribution in [1.29, 1.82) is 0 Å². The van der Waals surface area contributed by atoms with Crippen molar-refractivity contribution >= 4 is 28.5 Å². The molecule has 0 radical (unpaired) electrons. The molecule has 152 valence electrons. The van der Waals surface area contributed by atoms with Crippen LogP contribution in [0.1, 0.15) is 27.9 Å². The molecule has 0 aromatic heterocycles. The molecule has 3 aromatic rings. The van der Waals surface area contributed by atoms with Gasteiger partial charge < -0.3 is 0 Å². The van der Waals surface area contributed by atoms with Gasteiger partial charge >= 0.3 is 6.18 Å². The summed E-state index contributed by atoms with van der Waals surface area (Å²) >= 11 is 5.79. The van der Waals surface area contributed by atoms with Crippen molar-refractivity contribution < 1.29 is 22.4 Å². The van der Waals surface area contributed by atoms with Gasteiger partial charge in [0.15, 0.2) is 0 Å². The maximum Gasteiger partial charge on any atom is 0.393 e. The van der Waals surface area contributed by atoms with Crippen molar-refractivity contribution in [1.82, 2.24) is 0 Å². The minimum absolute atomic E-state index is 0.0483. The van der Waals surface area contributed by atoms with Gasteiger partial charge in [0, 0.05) is 11.1 Å². The van der Waals surface area contributed by atoms with Gasteiger partial charge in [0.25, 0.3) is 0 Å². The number of carbonyl (C=O) groups is 1. The first kappa shape index (κ1) is 21.6. The summed E-state index contributed by atoms with van der Waals surface area (Å²) in [6, 6.07) is 19.6. The van der Waals surface area contributed by atoms with Crippen molar-refractivity contribution in [3.05, 3.63) is 112 Å². The number of halogens is 5. The molecule has 0 unspecified atom stereocenters. The number of carbonyl (C=O) groups excluding carboxylic acids is 1. The van der Waals surface area contributed by atoms with Crippen LogP contribution in [0.2, 0.25) is 5.02 Å². The fourth-order valence-electron chi connectivity index (χ4n) is 2.86. The zero-order valence-electron chi connectivity index (χ0n) is 15.5. The van der Waals surface area contributed by atoms with Crippen molar-refractivity contribution in [3.8, 4) is 0 Å². The molecule has 0 aliphatic carbocycles. The van der Waals surface area contributed by atoms with Crippen LogP contribution in [0.3, 0.4) is 0 Å². The Kier molecular flexibility index (Phi) is 6.56. The Bertz CT molecular complexity index is 1110. The molecule has 0 N–H and O–H groups in total. The molecular weight excluding hydrogens is 416 g/mol. The molecule has 0 amide bonds. The Morgan fingerprint density at radius 2 is 1.40 bits per heavy atom. The Morgan fingerprint density at radius 3 is 1.93 bits per heavy atom. The third-order valence-electron chi connectivity index (χ3n) is 4.25. The molecule has 0 heterocycles. The van der Waals surface area contributed by atoms with Crippen LogP contribution in [-0.4, -0.2) is 12.0 Å². The first-order valence-electron chi connectivity index (χ1n) is 8.92. The van der Waals surface area contributed by atoms with E-state index in [9.17, 15) is 22.4 Å². The number of allylic oxidation sites excluding steroid dienone is 1. The number of benzene rings is 3. The maximum atomic E-state index is 13.5. The number of rotatable bonds is 5. The molecular formula is C24H15ClF4O. The van der Waals surface area contributed by atoms with E-state index in [4.69, 9.17) is 11.6 Å². The summed E-state index contributed by atoms with van der Waals surface area (Å²) in [6.07, 6.45) is -5.76. The zero-order valence-corrected chi connectivity index (χ0v) is 16.3. The molecule has 0 aliphatic heterocycles. The van der Waals surface area contributed by atoms with Crippen molar-refractivity contribution in [3.63, 3.8) is 0 Å². The van der Waals surface area contributed by atoms with Crippen LogP contribution < -0.4 is 0 Å². The third-order valence-corrected chi connectivity index (χ3v) is 4.54. The first-order chi connectivity index (χ1) is 14.2. The topological polar surface area (TPSA) is 17.1 Å². The van der Waals surface area contributed by atoms with Crippen LogP contribution in [-0.2, 0) is 0 Å². The van der Waals surface area contributed by atoms with E-state index in [0.717, 1.165) is 12.1 Å². The lowest BCUT2D eigenvalue weighted by molar-refractivity contribution is -0.122. The lowest BCUT2D eigenvalue weighted by Crippen LogP contribution is -2.08. The fourth-order valence-corrected chi connectivity index (χ4v) is 3.04. The van der Waals surface area contributed by atoms with Crippen LogP contribution >= 0.6 is 11.6 Å². The second-order valence-corrected chi connectivity index (χ2v) is 6.87. The maximum absolute atomic E-state index is 13.5. The van der Waals surface area contributed by atoms with Gasteiger partial charge in [-0.25, -0.2) is 4.39 Å². The Labute approximate surface area is 175 Å². The molecule has 0 fully saturated rings. The van der Waals surface area contributed by atoms with Gasteiger partial charge in [0.2, 0.25) is 5.78 Å². The highest BCUT2D eigenvalue weighted by Crippen LogP contribution is 2.31. The lowest BCUT2D eigenvalue weighted by atomic mass is 9.94. The summed E-state index contributed by atoms with van der Waals surface area (Å²) in [5.41, 5.74) is 3.19. The summed E-state index contributed by atoms with van der Waals surface area (Å²) in [5.74, 6) is -1.31. The van der Waals surface area contributed by atoms with Gasteiger partial charge in [0.05, 0.1) is 17.0 Å². The minimum Gasteiger partial charge on any atom is -0.288 e. The average molecular weight is 431 g/mol. The molecule has 0 aliphatic rings. The van der Waals surface area contributed by atoms with E-state index in [-0.39, 0.29) is 21.7 Å². The highest BCUT2D eigenvalue weighted by molar-refractivity contribution is 6.33. The molecule has 6 heteroatoms. The van der Waals surface area contributed by atoms with E-state index in [1.807, 2.05) is 0 Å². The Hall–Kier alpha value is -3.14. The summed E-state index contributed by atoms with van der Waals surface area (Å²) < 4.78 is 53.3. The molecule has 0 atom stereocenters. The molecule has 0 saturated carbocycles. The number of alkyl halides is 3. The van der Waals surface area contributed by atoms with E-state index in [2.05, 4.69) is 5.73 Å². The van der Waals surface area contributed by atoms with Gasteiger partial charge in [-0.15, -0.1) is 5.73 Å². The van der Waals surface area contributed by atoms with E-state index in [0.29, 0.717) is 11.1 Å². The quantitative estimate of drug-likeness (QED) is 0.178. The lowest BCUT2D eigenvalue weighted by Gasteiger charge is -2.11. The second kappa shape index (κ2) is 9.12. The van der Waals surface area contributed by atoms with Crippen LogP contribution in [0.5, 0.6) is 0 Å². The third kappa shape index (κ3) is 5.47.